The Labute approximate surface area is 192 Å². The van der Waals surface area contributed by atoms with E-state index in [-0.39, 0.29) is 17.9 Å². The minimum absolute atomic E-state index is 0.0137. The normalized spacial score (nSPS) is 16.4. The lowest BCUT2D eigenvalue weighted by atomic mass is 9.98. The van der Waals surface area contributed by atoms with Crippen molar-refractivity contribution in [3.8, 4) is 0 Å². The van der Waals surface area contributed by atoms with Gasteiger partial charge < -0.3 is 14.4 Å². The Balaban J connectivity index is 1.60. The van der Waals surface area contributed by atoms with Crippen LogP contribution in [0.4, 0.5) is 0 Å². The first-order valence-electron chi connectivity index (χ1n) is 9.85. The summed E-state index contributed by atoms with van der Waals surface area (Å²) in [5.74, 6) is -1.64. The third kappa shape index (κ3) is 3.39. The van der Waals surface area contributed by atoms with E-state index in [1.165, 1.54) is 16.2 Å². The standard InChI is InChI=1S/C24H17ClN2O4S/c1-13-6-9-32-23(13)20-19(21(28)18-11-15-10-16(25)2-3-17(15)31-18)22(29)24(30)27(20)12-14-4-7-26-8-5-14/h2-11,20,29H,12H2,1H3. The summed E-state index contributed by atoms with van der Waals surface area (Å²) in [6.07, 6.45) is 3.28. The molecule has 160 valence electrons. The molecule has 6 nitrogen and oxygen atoms in total. The number of aliphatic hydroxyl groups is 1. The van der Waals surface area contributed by atoms with Crippen molar-refractivity contribution < 1.29 is 19.1 Å². The van der Waals surface area contributed by atoms with E-state index in [2.05, 4.69) is 4.98 Å². The van der Waals surface area contributed by atoms with Crippen LogP contribution >= 0.6 is 22.9 Å². The number of nitrogens with zero attached hydrogens (tertiary/aromatic N) is 2. The molecule has 1 N–H and O–H groups in total. The summed E-state index contributed by atoms with van der Waals surface area (Å²) in [6.45, 7) is 2.14. The van der Waals surface area contributed by atoms with Gasteiger partial charge in [-0.05, 0) is 65.9 Å². The van der Waals surface area contributed by atoms with Gasteiger partial charge in [-0.1, -0.05) is 11.6 Å². The SMILES string of the molecule is Cc1ccsc1C1C(C(=O)c2cc3cc(Cl)ccc3o2)=C(O)C(=O)N1Cc1ccncc1. The monoisotopic (exact) mass is 464 g/mol. The number of pyridine rings is 1. The lowest BCUT2D eigenvalue weighted by molar-refractivity contribution is -0.130. The van der Waals surface area contributed by atoms with Gasteiger partial charge in [0.1, 0.15) is 11.6 Å². The smallest absolute Gasteiger partial charge is 0.290 e. The second kappa shape index (κ2) is 7.93. The number of aromatic nitrogens is 1. The van der Waals surface area contributed by atoms with Crippen molar-refractivity contribution in [3.63, 3.8) is 0 Å². The minimum Gasteiger partial charge on any atom is -0.503 e. The van der Waals surface area contributed by atoms with Gasteiger partial charge in [-0.2, -0.15) is 0 Å². The molecule has 4 heterocycles. The molecule has 0 radical (unpaired) electrons. The first kappa shape index (κ1) is 20.5. The summed E-state index contributed by atoms with van der Waals surface area (Å²) in [4.78, 5) is 33.0. The summed E-state index contributed by atoms with van der Waals surface area (Å²) in [7, 11) is 0. The molecule has 3 aromatic heterocycles. The number of amides is 1. The number of Topliss-reactive ketones (excluding diaryl/α,β-unsaturated/α-hetero) is 1. The number of fused-ring (bicyclic) bond motifs is 1. The Hall–Kier alpha value is -3.42. The molecule has 1 amide bonds. The number of thiophene rings is 1. The summed E-state index contributed by atoms with van der Waals surface area (Å²) in [5.41, 5.74) is 2.29. The van der Waals surface area contributed by atoms with E-state index in [0.29, 0.717) is 16.0 Å². The molecule has 1 atom stereocenters. The zero-order chi connectivity index (χ0) is 22.4. The van der Waals surface area contributed by atoms with Gasteiger partial charge in [0.05, 0.1) is 5.57 Å². The van der Waals surface area contributed by atoms with Crippen molar-refractivity contribution in [2.24, 2.45) is 0 Å². The first-order valence-corrected chi connectivity index (χ1v) is 11.1. The summed E-state index contributed by atoms with van der Waals surface area (Å²) in [5, 5.41) is 13.9. The molecule has 0 bridgehead atoms. The van der Waals surface area contributed by atoms with Gasteiger partial charge in [0.15, 0.2) is 11.5 Å². The lowest BCUT2D eigenvalue weighted by Gasteiger charge is -2.26. The van der Waals surface area contributed by atoms with Crippen LogP contribution in [0.25, 0.3) is 11.0 Å². The molecule has 0 spiro atoms. The van der Waals surface area contributed by atoms with Gasteiger partial charge in [-0.25, -0.2) is 0 Å². The molecule has 32 heavy (non-hydrogen) atoms. The number of hydrogen-bond donors (Lipinski definition) is 1. The van der Waals surface area contributed by atoms with E-state index in [1.54, 1.807) is 48.8 Å². The number of aryl methyl sites for hydroxylation is 1. The molecule has 0 saturated heterocycles. The van der Waals surface area contributed by atoms with Crippen molar-refractivity contribution in [2.75, 3.05) is 0 Å². The second-order valence-electron chi connectivity index (χ2n) is 7.54. The van der Waals surface area contributed by atoms with E-state index in [4.69, 9.17) is 16.0 Å². The number of aliphatic hydroxyl groups excluding tert-OH is 1. The molecular weight excluding hydrogens is 448 g/mol. The lowest BCUT2D eigenvalue weighted by Crippen LogP contribution is -2.30. The predicted molar refractivity (Wildman–Crippen MR) is 122 cm³/mol. The Kier molecular flexibility index (Phi) is 5.07. The Bertz CT molecular complexity index is 1390. The van der Waals surface area contributed by atoms with Crippen molar-refractivity contribution in [2.45, 2.75) is 19.5 Å². The van der Waals surface area contributed by atoms with Crippen LogP contribution in [0.3, 0.4) is 0 Å². The minimum atomic E-state index is -0.722. The Morgan fingerprint density at radius 3 is 2.72 bits per heavy atom. The molecule has 1 aliphatic rings. The number of furan rings is 1. The molecule has 0 aliphatic carbocycles. The number of benzene rings is 1. The van der Waals surface area contributed by atoms with Crippen LogP contribution in [0, 0.1) is 6.92 Å². The highest BCUT2D eigenvalue weighted by molar-refractivity contribution is 7.10. The fraction of sp³-hybridized carbons (Fsp3) is 0.125. The van der Waals surface area contributed by atoms with Crippen molar-refractivity contribution in [1.82, 2.24) is 9.88 Å². The van der Waals surface area contributed by atoms with Gasteiger partial charge in [-0.15, -0.1) is 11.3 Å². The number of carbonyl (C=O) groups excluding carboxylic acids is 2. The zero-order valence-electron chi connectivity index (χ0n) is 16.9. The highest BCUT2D eigenvalue weighted by Crippen LogP contribution is 2.43. The van der Waals surface area contributed by atoms with Gasteiger partial charge in [-0.3, -0.25) is 14.6 Å². The van der Waals surface area contributed by atoms with Crippen molar-refractivity contribution in [1.29, 1.82) is 0 Å². The van der Waals surface area contributed by atoms with Crippen molar-refractivity contribution >= 4 is 45.6 Å². The third-order valence-electron chi connectivity index (χ3n) is 5.50. The zero-order valence-corrected chi connectivity index (χ0v) is 18.5. The fourth-order valence-electron chi connectivity index (χ4n) is 3.93. The van der Waals surface area contributed by atoms with Gasteiger partial charge in [0, 0.05) is 34.2 Å². The van der Waals surface area contributed by atoms with Crippen LogP contribution in [-0.4, -0.2) is 26.7 Å². The molecule has 1 aromatic carbocycles. The highest BCUT2D eigenvalue weighted by Gasteiger charge is 2.45. The van der Waals surface area contributed by atoms with Crippen LogP contribution in [0.15, 0.2) is 76.0 Å². The number of hydrogen-bond acceptors (Lipinski definition) is 6. The van der Waals surface area contributed by atoms with E-state index in [0.717, 1.165) is 16.0 Å². The van der Waals surface area contributed by atoms with Crippen LogP contribution in [-0.2, 0) is 11.3 Å². The van der Waals surface area contributed by atoms with E-state index >= 15 is 0 Å². The fourth-order valence-corrected chi connectivity index (χ4v) is 5.16. The maximum absolute atomic E-state index is 13.5. The summed E-state index contributed by atoms with van der Waals surface area (Å²) in [6, 6.07) is 11.4. The molecule has 1 unspecified atom stereocenters. The first-order chi connectivity index (χ1) is 15.4. The predicted octanol–water partition coefficient (Wildman–Crippen LogP) is 5.63. The molecule has 0 saturated carbocycles. The number of ketones is 1. The molecular formula is C24H17ClN2O4S. The molecule has 4 aromatic rings. The Morgan fingerprint density at radius 2 is 2.00 bits per heavy atom. The quantitative estimate of drug-likeness (QED) is 0.387. The van der Waals surface area contributed by atoms with Gasteiger partial charge >= 0.3 is 0 Å². The molecule has 8 heteroatoms. The third-order valence-corrected chi connectivity index (χ3v) is 6.81. The number of carbonyl (C=O) groups is 2. The second-order valence-corrected chi connectivity index (χ2v) is 8.93. The highest BCUT2D eigenvalue weighted by atomic mass is 35.5. The molecule has 1 aliphatic heterocycles. The van der Waals surface area contributed by atoms with E-state index < -0.39 is 23.5 Å². The van der Waals surface area contributed by atoms with Gasteiger partial charge in [0.25, 0.3) is 5.91 Å². The number of rotatable bonds is 5. The number of halogens is 1. The average molecular weight is 465 g/mol. The summed E-state index contributed by atoms with van der Waals surface area (Å²) < 4.78 is 5.74. The van der Waals surface area contributed by atoms with Gasteiger partial charge in [0.2, 0.25) is 5.78 Å². The van der Waals surface area contributed by atoms with Crippen LogP contribution < -0.4 is 0 Å². The van der Waals surface area contributed by atoms with Crippen LogP contribution in [0.5, 0.6) is 0 Å². The van der Waals surface area contributed by atoms with E-state index in [1.807, 2.05) is 18.4 Å². The largest absolute Gasteiger partial charge is 0.503 e. The van der Waals surface area contributed by atoms with Crippen LogP contribution in [0.1, 0.15) is 32.6 Å². The van der Waals surface area contributed by atoms with E-state index in [9.17, 15) is 14.7 Å². The Morgan fingerprint density at radius 1 is 1.22 bits per heavy atom. The summed E-state index contributed by atoms with van der Waals surface area (Å²) >= 11 is 7.49. The molecule has 5 rings (SSSR count). The maximum atomic E-state index is 13.5. The topological polar surface area (TPSA) is 83.6 Å². The van der Waals surface area contributed by atoms with Crippen molar-refractivity contribution in [3.05, 3.63) is 98.4 Å². The maximum Gasteiger partial charge on any atom is 0.290 e. The average Bonchev–Trinajstić information content (AvgIpc) is 3.46. The molecule has 0 fully saturated rings. The van der Waals surface area contributed by atoms with Crippen LogP contribution in [0.2, 0.25) is 5.02 Å².